The number of hydrogen-bond donors (Lipinski definition) is 2. The predicted octanol–water partition coefficient (Wildman–Crippen LogP) is 6.77. The van der Waals surface area contributed by atoms with E-state index in [1.54, 1.807) is 25.2 Å². The van der Waals surface area contributed by atoms with E-state index in [1.165, 1.54) is 7.11 Å². The molecule has 0 bridgehead atoms. The number of ether oxygens (including phenoxy) is 6. The Bertz CT molecular complexity index is 1870. The molecule has 352 valence electrons. The number of aromatic nitrogens is 1. The summed E-state index contributed by atoms with van der Waals surface area (Å²) in [4.78, 5) is 72.2. The minimum atomic E-state index is -0.977. The Labute approximate surface area is 379 Å². The average molecular weight is 891 g/mol. The second-order valence-corrected chi connectivity index (χ2v) is 17.8. The van der Waals surface area contributed by atoms with Gasteiger partial charge in [-0.05, 0) is 40.5 Å². The van der Waals surface area contributed by atoms with Gasteiger partial charge in [-0.15, -0.1) is 0 Å². The van der Waals surface area contributed by atoms with Gasteiger partial charge in [-0.2, -0.15) is 0 Å². The predicted molar refractivity (Wildman–Crippen MR) is 242 cm³/mol. The zero-order valence-electron chi connectivity index (χ0n) is 39.2. The molecule has 15 nitrogen and oxygen atoms in total. The van der Waals surface area contributed by atoms with Crippen molar-refractivity contribution in [3.63, 3.8) is 0 Å². The molecule has 2 N–H and O–H groups in total. The summed E-state index contributed by atoms with van der Waals surface area (Å²) in [6, 6.07) is 22.0. The first kappa shape index (κ1) is 53.1. The zero-order valence-corrected chi connectivity index (χ0v) is 39.2. The number of nitrogens with zero attached hydrogens (tertiary/aromatic N) is 2. The first-order chi connectivity index (χ1) is 30.4. The van der Waals surface area contributed by atoms with E-state index >= 15 is 0 Å². The lowest BCUT2D eigenvalue weighted by atomic mass is 9.78. The standard InChI is InChI=1S/C49H70N4O11/c1-10-43(55)64-42(34-53(52-46(57)39(48(2,3)4)32-44(56)60-9)33-36-19-21-37(22-20-36)40-18-14-15-23-50-40)38(30-35-16-12-11-13-17-35)31-41(54)45(49(5,6)7)51-47(58)63-29-28-62-27-26-61-25-24-59-8/h11-23,38-39,42,45H,10,24-34H2,1-9H3,(H,51,58)(H,52,57)/t38-,39-,42+,45-/m1/s1. The molecule has 0 saturated heterocycles. The third-order valence-corrected chi connectivity index (χ3v) is 10.5. The molecule has 4 atom stereocenters. The quantitative estimate of drug-likeness (QED) is 0.0355. The van der Waals surface area contributed by atoms with Crippen LogP contribution in [0.25, 0.3) is 11.3 Å². The third-order valence-electron chi connectivity index (χ3n) is 10.5. The number of hydrazine groups is 1. The smallest absolute Gasteiger partial charge is 0.407 e. The molecule has 0 aliphatic carbocycles. The van der Waals surface area contributed by atoms with Gasteiger partial charge in [0.25, 0.3) is 0 Å². The Morgan fingerprint density at radius 3 is 1.94 bits per heavy atom. The number of methoxy groups -OCH3 is 2. The second-order valence-electron chi connectivity index (χ2n) is 17.8. The Morgan fingerprint density at radius 1 is 0.719 bits per heavy atom. The van der Waals surface area contributed by atoms with Crippen LogP contribution in [0.1, 0.15) is 78.9 Å². The molecular formula is C49H70N4O11. The fourth-order valence-corrected chi connectivity index (χ4v) is 6.94. The van der Waals surface area contributed by atoms with Crippen molar-refractivity contribution in [1.82, 2.24) is 20.7 Å². The Hall–Kier alpha value is -5.22. The molecule has 1 aromatic heterocycles. The first-order valence-electron chi connectivity index (χ1n) is 21.9. The van der Waals surface area contributed by atoms with E-state index in [4.69, 9.17) is 28.4 Å². The highest BCUT2D eigenvalue weighted by Gasteiger charge is 2.39. The highest BCUT2D eigenvalue weighted by atomic mass is 16.6. The van der Waals surface area contributed by atoms with Gasteiger partial charge in [0.2, 0.25) is 5.91 Å². The number of carbonyl (C=O) groups is 5. The number of carbonyl (C=O) groups excluding carboxylic acids is 5. The van der Waals surface area contributed by atoms with Gasteiger partial charge in [0.15, 0.2) is 5.78 Å². The minimum Gasteiger partial charge on any atom is -0.469 e. The van der Waals surface area contributed by atoms with E-state index in [-0.39, 0.29) is 51.3 Å². The fourth-order valence-electron chi connectivity index (χ4n) is 6.94. The van der Waals surface area contributed by atoms with Crippen LogP contribution in [0.15, 0.2) is 79.0 Å². The number of benzene rings is 2. The molecule has 0 fully saturated rings. The largest absolute Gasteiger partial charge is 0.469 e. The molecule has 0 saturated carbocycles. The maximum Gasteiger partial charge on any atom is 0.407 e. The molecule has 1 heterocycles. The fraction of sp³-hybridized carbons (Fsp3) is 0.551. The number of esters is 2. The number of Topliss-reactive ketones (excluding diaryl/α,β-unsaturated/α-hetero) is 1. The van der Waals surface area contributed by atoms with Gasteiger partial charge in [-0.3, -0.25) is 29.6 Å². The summed E-state index contributed by atoms with van der Waals surface area (Å²) in [6.45, 7) is 14.7. The van der Waals surface area contributed by atoms with Gasteiger partial charge in [0.1, 0.15) is 12.7 Å². The van der Waals surface area contributed by atoms with Gasteiger partial charge >= 0.3 is 18.0 Å². The van der Waals surface area contributed by atoms with Crippen molar-refractivity contribution in [2.75, 3.05) is 60.4 Å². The molecule has 0 aliphatic heterocycles. The Kier molecular flexibility index (Phi) is 22.6. The lowest BCUT2D eigenvalue weighted by Gasteiger charge is -2.36. The van der Waals surface area contributed by atoms with E-state index < -0.39 is 58.8 Å². The van der Waals surface area contributed by atoms with Crippen LogP contribution in [0, 0.1) is 22.7 Å². The molecular weight excluding hydrogens is 821 g/mol. The van der Waals surface area contributed by atoms with Crippen LogP contribution in [0.2, 0.25) is 0 Å². The zero-order chi connectivity index (χ0) is 47.1. The number of pyridine rings is 1. The average Bonchev–Trinajstić information content (AvgIpc) is 3.26. The Balaban J connectivity index is 1.97. The van der Waals surface area contributed by atoms with Crippen LogP contribution < -0.4 is 10.7 Å². The minimum absolute atomic E-state index is 0.0214. The molecule has 2 aromatic carbocycles. The van der Waals surface area contributed by atoms with Crippen molar-refractivity contribution in [3.05, 3.63) is 90.1 Å². The van der Waals surface area contributed by atoms with E-state index in [9.17, 15) is 24.0 Å². The summed E-state index contributed by atoms with van der Waals surface area (Å²) in [7, 11) is 2.87. The molecule has 2 amide bonds. The first-order valence-corrected chi connectivity index (χ1v) is 21.9. The van der Waals surface area contributed by atoms with Crippen LogP contribution in [0.4, 0.5) is 4.79 Å². The number of rotatable bonds is 27. The van der Waals surface area contributed by atoms with Crippen LogP contribution >= 0.6 is 0 Å². The highest BCUT2D eigenvalue weighted by molar-refractivity contribution is 5.88. The van der Waals surface area contributed by atoms with E-state index in [0.29, 0.717) is 32.8 Å². The molecule has 0 aliphatic rings. The van der Waals surface area contributed by atoms with Gasteiger partial charge < -0.3 is 33.7 Å². The molecule has 0 radical (unpaired) electrons. The van der Waals surface area contributed by atoms with Gasteiger partial charge in [-0.25, -0.2) is 9.80 Å². The summed E-state index contributed by atoms with van der Waals surface area (Å²) >= 11 is 0. The van der Waals surface area contributed by atoms with Crippen molar-refractivity contribution in [3.8, 4) is 11.3 Å². The van der Waals surface area contributed by atoms with E-state index in [1.807, 2.05) is 114 Å². The van der Waals surface area contributed by atoms with Gasteiger partial charge in [0, 0.05) is 44.2 Å². The summed E-state index contributed by atoms with van der Waals surface area (Å²) < 4.78 is 32.4. The van der Waals surface area contributed by atoms with Crippen LogP contribution in [-0.2, 0) is 60.6 Å². The highest BCUT2D eigenvalue weighted by Crippen LogP contribution is 2.31. The maximum atomic E-state index is 14.6. The van der Waals surface area contributed by atoms with Crippen molar-refractivity contribution in [2.45, 2.75) is 92.8 Å². The lowest BCUT2D eigenvalue weighted by Crippen LogP contribution is -2.53. The number of hydrogen-bond acceptors (Lipinski definition) is 13. The number of ketones is 1. The number of alkyl carbamates (subject to hydrolysis) is 1. The summed E-state index contributed by atoms with van der Waals surface area (Å²) in [5, 5.41) is 4.46. The van der Waals surface area contributed by atoms with Crippen LogP contribution in [-0.4, -0.2) is 112 Å². The lowest BCUT2D eigenvalue weighted by molar-refractivity contribution is -0.156. The molecule has 64 heavy (non-hydrogen) atoms. The monoisotopic (exact) mass is 891 g/mol. The normalized spacial score (nSPS) is 13.6. The van der Waals surface area contributed by atoms with Crippen LogP contribution in [0.3, 0.4) is 0 Å². The van der Waals surface area contributed by atoms with E-state index in [0.717, 1.165) is 22.4 Å². The van der Waals surface area contributed by atoms with Crippen molar-refractivity contribution in [1.29, 1.82) is 0 Å². The number of amides is 2. The van der Waals surface area contributed by atoms with Crippen molar-refractivity contribution in [2.24, 2.45) is 22.7 Å². The molecule has 3 rings (SSSR count). The second kappa shape index (κ2) is 27.2. The van der Waals surface area contributed by atoms with Crippen molar-refractivity contribution < 1.29 is 52.4 Å². The molecule has 3 aromatic rings. The van der Waals surface area contributed by atoms with Gasteiger partial charge in [0.05, 0.1) is 70.8 Å². The van der Waals surface area contributed by atoms with Gasteiger partial charge in [-0.1, -0.05) is 109 Å². The summed E-state index contributed by atoms with van der Waals surface area (Å²) in [5.41, 5.74) is 5.12. The SMILES string of the molecule is CCC(=O)O[C@@H](CN(Cc1ccc(-c2ccccn2)cc1)NC(=O)[C@@H](CC(=O)OC)C(C)(C)C)[C@@H](CC(=O)[C@@H](NC(=O)OCCOCCOCCOC)C(C)(C)C)Cc1ccccc1. The topological polar surface area (TPSA) is 181 Å². The summed E-state index contributed by atoms with van der Waals surface area (Å²) in [6.07, 6.45) is 0.165. The Morgan fingerprint density at radius 2 is 1.36 bits per heavy atom. The summed E-state index contributed by atoms with van der Waals surface area (Å²) in [5.74, 6) is -3.13. The van der Waals surface area contributed by atoms with Crippen LogP contribution in [0.5, 0.6) is 0 Å². The number of nitrogens with one attached hydrogen (secondary N) is 2. The van der Waals surface area contributed by atoms with E-state index in [2.05, 4.69) is 15.7 Å². The van der Waals surface area contributed by atoms with Crippen molar-refractivity contribution >= 4 is 29.7 Å². The third kappa shape index (κ3) is 19.3. The molecule has 15 heteroatoms. The molecule has 0 spiro atoms. The molecule has 0 unspecified atom stereocenters. The maximum absolute atomic E-state index is 14.6.